The predicted octanol–water partition coefficient (Wildman–Crippen LogP) is 15.2. The third-order valence-electron chi connectivity index (χ3n) is 14.3. The molecule has 0 saturated heterocycles. The summed E-state index contributed by atoms with van der Waals surface area (Å²) >= 11 is 0. The summed E-state index contributed by atoms with van der Waals surface area (Å²) in [6.45, 7) is 6.93. The van der Waals surface area contributed by atoms with Gasteiger partial charge in [-0.1, -0.05) is 141 Å². The fourth-order valence-electron chi connectivity index (χ4n) is 11.1. The van der Waals surface area contributed by atoms with Gasteiger partial charge >= 0.3 is 0 Å². The molecule has 0 atom stereocenters. The Hall–Kier alpha value is -6.64. The molecule has 8 aromatic rings. The maximum Gasteiger partial charge on any atom is 0.0443 e. The van der Waals surface area contributed by atoms with E-state index in [1.54, 1.807) is 0 Å². The Morgan fingerprint density at radius 2 is 1.08 bits per heavy atom. The molecule has 0 spiro atoms. The molecule has 8 aromatic carbocycles. The average Bonchev–Trinajstić information content (AvgIpc) is 3.54. The fraction of sp³-hybridized carbons (Fsp3) is 0.186. The van der Waals surface area contributed by atoms with E-state index in [4.69, 9.17) is 0 Å². The first-order valence-electron chi connectivity index (χ1n) is 22.4. The van der Waals surface area contributed by atoms with Gasteiger partial charge in [0.2, 0.25) is 0 Å². The second-order valence-corrected chi connectivity index (χ2v) is 18.3. The topological polar surface area (TPSA) is 6.48 Å². The van der Waals surface area contributed by atoms with Gasteiger partial charge in [-0.3, -0.25) is 0 Å². The highest BCUT2D eigenvalue weighted by atomic mass is 15.1. The Kier molecular flexibility index (Phi) is 8.46. The zero-order valence-corrected chi connectivity index (χ0v) is 35.2. The van der Waals surface area contributed by atoms with Crippen LogP contribution in [0, 0.1) is 0 Å². The van der Waals surface area contributed by atoms with Crippen molar-refractivity contribution >= 4 is 56.4 Å². The lowest BCUT2D eigenvalue weighted by Crippen LogP contribution is -2.25. The van der Waals surface area contributed by atoms with Gasteiger partial charge in [0.1, 0.15) is 0 Å². The van der Waals surface area contributed by atoms with E-state index >= 15 is 0 Å². The van der Waals surface area contributed by atoms with Crippen LogP contribution in [-0.4, -0.2) is 13.1 Å². The number of anilines is 4. The van der Waals surface area contributed by atoms with Crippen molar-refractivity contribution in [3.8, 4) is 22.3 Å². The molecule has 12 rings (SSSR count). The van der Waals surface area contributed by atoms with Crippen molar-refractivity contribution in [2.24, 2.45) is 0 Å². The van der Waals surface area contributed by atoms with Crippen LogP contribution in [0.2, 0.25) is 0 Å². The van der Waals surface area contributed by atoms with Gasteiger partial charge in [0.05, 0.1) is 0 Å². The van der Waals surface area contributed by atoms with Crippen LogP contribution >= 0.6 is 0 Å². The molecule has 0 saturated carbocycles. The monoisotopic (exact) mass is 786 g/mol. The van der Waals surface area contributed by atoms with Crippen molar-refractivity contribution in [1.82, 2.24) is 0 Å². The highest BCUT2D eigenvalue weighted by Crippen LogP contribution is 2.51. The van der Waals surface area contributed by atoms with E-state index in [1.165, 1.54) is 124 Å². The molecule has 0 amide bonds. The number of benzene rings is 8. The smallest absolute Gasteiger partial charge is 0.0443 e. The third-order valence-corrected chi connectivity index (χ3v) is 14.3. The molecule has 2 heterocycles. The second kappa shape index (κ2) is 14.2. The molecular formula is C59H50N2. The first-order chi connectivity index (χ1) is 29.9. The third kappa shape index (κ3) is 6.14. The number of allylic oxidation sites excluding steroid dienone is 2. The van der Waals surface area contributed by atoms with Crippen LogP contribution in [0.15, 0.2) is 163 Å². The Morgan fingerprint density at radius 3 is 1.84 bits per heavy atom. The molecule has 2 nitrogen and oxygen atoms in total. The molecule has 61 heavy (non-hydrogen) atoms. The van der Waals surface area contributed by atoms with Crippen LogP contribution in [0.25, 0.3) is 56.0 Å². The van der Waals surface area contributed by atoms with Gasteiger partial charge in [0.15, 0.2) is 0 Å². The summed E-state index contributed by atoms with van der Waals surface area (Å²) in [5.74, 6) is 0. The van der Waals surface area contributed by atoms with Crippen molar-refractivity contribution in [3.05, 3.63) is 202 Å². The lowest BCUT2D eigenvalue weighted by molar-refractivity contribution is 0.659. The first-order valence-corrected chi connectivity index (χ1v) is 22.4. The number of aryl methyl sites for hydroxylation is 3. The normalized spacial score (nSPS) is 16.3. The number of nitrogens with zero attached hydrogens (tertiary/aromatic N) is 2. The quantitative estimate of drug-likeness (QED) is 0.160. The van der Waals surface area contributed by atoms with E-state index in [0.29, 0.717) is 0 Å². The fourth-order valence-corrected chi connectivity index (χ4v) is 11.1. The van der Waals surface area contributed by atoms with Gasteiger partial charge in [0.25, 0.3) is 0 Å². The van der Waals surface area contributed by atoms with Crippen molar-refractivity contribution in [1.29, 1.82) is 0 Å². The van der Waals surface area contributed by atoms with Gasteiger partial charge in [0, 0.05) is 41.3 Å². The highest BCUT2D eigenvalue weighted by molar-refractivity contribution is 6.09. The number of para-hydroxylation sites is 2. The van der Waals surface area contributed by atoms with Crippen molar-refractivity contribution in [2.45, 2.75) is 57.8 Å². The van der Waals surface area contributed by atoms with E-state index in [0.717, 1.165) is 38.8 Å². The number of rotatable bonds is 5. The molecule has 0 unspecified atom stereocenters. The minimum absolute atomic E-state index is 0.0653. The lowest BCUT2D eigenvalue weighted by Gasteiger charge is -2.32. The molecule has 0 N–H and O–H groups in total. The molecule has 2 aliphatic heterocycles. The van der Waals surface area contributed by atoms with E-state index in [-0.39, 0.29) is 5.41 Å². The van der Waals surface area contributed by atoms with Gasteiger partial charge in [-0.2, -0.15) is 0 Å². The SMILES string of the molecule is CC1(C)c2cc(/C=C/C3=Cc4ccc(-c5ccc6c(ccc7cc(N8CCCc9ccccc98)ccc76)c5)cc4CC3)ccc2-c2ccc(N3CCCc4ccccc43)cc21. The van der Waals surface area contributed by atoms with Crippen LogP contribution in [0.1, 0.15) is 72.1 Å². The zero-order valence-electron chi connectivity index (χ0n) is 35.2. The Bertz CT molecular complexity index is 3140. The van der Waals surface area contributed by atoms with Crippen LogP contribution < -0.4 is 9.80 Å². The largest absolute Gasteiger partial charge is 0.341 e. The first kappa shape index (κ1) is 36.2. The van der Waals surface area contributed by atoms with Crippen LogP contribution in [0.5, 0.6) is 0 Å². The zero-order chi connectivity index (χ0) is 40.7. The molecule has 4 aliphatic rings. The van der Waals surface area contributed by atoms with Gasteiger partial charge in [-0.25, -0.2) is 0 Å². The minimum Gasteiger partial charge on any atom is -0.341 e. The van der Waals surface area contributed by atoms with Crippen LogP contribution in [0.4, 0.5) is 22.7 Å². The van der Waals surface area contributed by atoms with Crippen molar-refractivity contribution in [2.75, 3.05) is 22.9 Å². The van der Waals surface area contributed by atoms with Gasteiger partial charge in [-0.15, -0.1) is 0 Å². The van der Waals surface area contributed by atoms with Gasteiger partial charge in [-0.05, 0) is 169 Å². The molecular weight excluding hydrogens is 737 g/mol. The summed E-state index contributed by atoms with van der Waals surface area (Å²) in [4.78, 5) is 5.02. The van der Waals surface area contributed by atoms with Gasteiger partial charge < -0.3 is 9.80 Å². The Morgan fingerprint density at radius 1 is 0.475 bits per heavy atom. The average molecular weight is 787 g/mol. The number of fused-ring (bicyclic) bond motifs is 9. The Labute approximate surface area is 360 Å². The number of hydrogen-bond acceptors (Lipinski definition) is 2. The summed E-state index contributed by atoms with van der Waals surface area (Å²) in [6.07, 6.45) is 13.9. The van der Waals surface area contributed by atoms with E-state index in [2.05, 4.69) is 194 Å². The second-order valence-electron chi connectivity index (χ2n) is 18.3. The standard InChI is InChI=1S/C59H50N2/c1-59(2)55-34-40(18-27-53(55)54-30-26-50(38-56(54)59)61-32-8-12-42-10-4-6-14-58(42)61)16-15-39-17-19-44-35-45(21-20-43(44)33-39)46-24-28-51-47(36-46)22-23-48-37-49(25-29-52(48)51)60-31-7-11-41-9-3-5-13-57(41)60/h3-6,9-10,13-16,18,20-30,33-38H,7-8,11-12,17,19,31-32H2,1-2H3/b16-15+. The summed E-state index contributed by atoms with van der Waals surface area (Å²) in [6, 6.07) is 57.8. The summed E-state index contributed by atoms with van der Waals surface area (Å²) in [5.41, 5.74) is 21.8. The van der Waals surface area contributed by atoms with E-state index in [9.17, 15) is 0 Å². The molecule has 2 aliphatic carbocycles. The number of hydrogen-bond donors (Lipinski definition) is 0. The van der Waals surface area contributed by atoms with E-state index in [1.807, 2.05) is 0 Å². The minimum atomic E-state index is -0.0653. The molecule has 0 aromatic heterocycles. The van der Waals surface area contributed by atoms with Crippen molar-refractivity contribution < 1.29 is 0 Å². The summed E-state index contributed by atoms with van der Waals surface area (Å²) in [5, 5.41) is 5.22. The van der Waals surface area contributed by atoms with Crippen LogP contribution in [0.3, 0.4) is 0 Å². The maximum atomic E-state index is 2.53. The maximum absolute atomic E-state index is 2.53. The molecule has 0 bridgehead atoms. The van der Waals surface area contributed by atoms with Crippen molar-refractivity contribution in [3.63, 3.8) is 0 Å². The lowest BCUT2D eigenvalue weighted by atomic mass is 9.81. The molecule has 0 fully saturated rings. The molecule has 296 valence electrons. The molecule has 0 radical (unpaired) electrons. The summed E-state index contributed by atoms with van der Waals surface area (Å²) < 4.78 is 0. The van der Waals surface area contributed by atoms with E-state index < -0.39 is 0 Å². The Balaban J connectivity index is 0.770. The molecule has 2 heteroatoms. The predicted molar refractivity (Wildman–Crippen MR) is 260 cm³/mol. The highest BCUT2D eigenvalue weighted by Gasteiger charge is 2.36. The van der Waals surface area contributed by atoms with Crippen LogP contribution in [-0.2, 0) is 24.7 Å². The summed E-state index contributed by atoms with van der Waals surface area (Å²) in [7, 11) is 0.